The summed E-state index contributed by atoms with van der Waals surface area (Å²) in [5.41, 5.74) is 2.71. The van der Waals surface area contributed by atoms with Gasteiger partial charge in [0, 0.05) is 17.7 Å². The lowest BCUT2D eigenvalue weighted by molar-refractivity contribution is -0.0000112. The van der Waals surface area contributed by atoms with Gasteiger partial charge in [0.25, 0.3) is 0 Å². The zero-order valence-electron chi connectivity index (χ0n) is 11.8. The Hall–Kier alpha value is -1.64. The van der Waals surface area contributed by atoms with Crippen molar-refractivity contribution < 1.29 is 17.2 Å². The largest absolute Gasteiger partial charge is 1.00 e. The fourth-order valence-electron chi connectivity index (χ4n) is 1.94. The second kappa shape index (κ2) is 7.83. The highest BCUT2D eigenvalue weighted by atomic mass is 35.5. The molecule has 0 aliphatic rings. The molecule has 0 heterocycles. The van der Waals surface area contributed by atoms with E-state index in [2.05, 4.69) is 18.9 Å². The molecule has 0 bridgehead atoms. The van der Waals surface area contributed by atoms with Crippen LogP contribution in [0.1, 0.15) is 28.4 Å². The summed E-state index contributed by atoms with van der Waals surface area (Å²) in [6.07, 6.45) is 0. The lowest BCUT2D eigenvalue weighted by Crippen LogP contribution is -3.00. The maximum atomic E-state index is 12.2. The van der Waals surface area contributed by atoms with Gasteiger partial charge in [-0.25, -0.2) is 0 Å². The van der Waals surface area contributed by atoms with Crippen molar-refractivity contribution in [3.8, 4) is 0 Å². The number of hydrogen-bond acceptors (Lipinski definition) is 2. The van der Waals surface area contributed by atoms with Crippen LogP contribution in [0.2, 0.25) is 0 Å². The number of rotatable bonds is 5. The summed E-state index contributed by atoms with van der Waals surface area (Å²) in [5.74, 6) is 0.0796. The first kappa shape index (κ1) is 16.4. The molecule has 0 spiro atoms. The average molecular weight is 289 g/mol. The van der Waals surface area contributed by atoms with Crippen molar-refractivity contribution >= 4 is 5.78 Å². The highest BCUT2D eigenvalue weighted by Gasteiger charge is 2.08. The molecule has 0 aromatic heterocycles. The Balaban J connectivity index is 0.00000200. The monoisotopic (exact) mass is 288 g/mol. The van der Waals surface area contributed by atoms with Crippen molar-refractivity contribution in [2.75, 3.05) is 13.6 Å². The Bertz CT molecular complexity index is 537. The zero-order valence-corrected chi connectivity index (χ0v) is 12.6. The molecule has 0 atom stereocenters. The van der Waals surface area contributed by atoms with E-state index in [1.165, 1.54) is 5.56 Å². The van der Waals surface area contributed by atoms with Gasteiger partial charge in [-0.05, 0) is 19.2 Å². The first-order valence-corrected chi connectivity index (χ1v) is 6.58. The van der Waals surface area contributed by atoms with Gasteiger partial charge >= 0.3 is 0 Å². The van der Waals surface area contributed by atoms with Gasteiger partial charge in [0.15, 0.2) is 5.78 Å². The summed E-state index contributed by atoms with van der Waals surface area (Å²) in [6.45, 7) is 4.06. The van der Waals surface area contributed by atoms with Crippen LogP contribution >= 0.6 is 0 Å². The van der Waals surface area contributed by atoms with Gasteiger partial charge in [0.05, 0.1) is 0 Å². The summed E-state index contributed by atoms with van der Waals surface area (Å²) >= 11 is 0. The van der Waals surface area contributed by atoms with Crippen LogP contribution in [0, 0.1) is 0 Å². The average Bonchev–Trinajstić information content (AvgIpc) is 2.48. The van der Waals surface area contributed by atoms with Gasteiger partial charge in [-0.3, -0.25) is 4.79 Å². The first-order chi connectivity index (χ1) is 9.20. The molecule has 106 valence electrons. The van der Waals surface area contributed by atoms with Crippen molar-refractivity contribution in [1.29, 1.82) is 0 Å². The standard InChI is InChI=1S/C17H19NO.ClH/c1-3-18(2)13-14-9-11-16(12-10-14)17(19)15-7-5-4-6-8-15;/h4-12H,3,13H2,1-2H3;1H/p-1. The molecule has 0 saturated heterocycles. The van der Waals surface area contributed by atoms with Crippen molar-refractivity contribution in [2.24, 2.45) is 0 Å². The molecule has 0 aliphatic heterocycles. The quantitative estimate of drug-likeness (QED) is 0.741. The van der Waals surface area contributed by atoms with Gasteiger partial charge in [-0.2, -0.15) is 0 Å². The number of carbonyl (C=O) groups is 1. The van der Waals surface area contributed by atoms with Crippen LogP contribution in [0.4, 0.5) is 0 Å². The predicted molar refractivity (Wildman–Crippen MR) is 78.3 cm³/mol. The molecule has 0 radical (unpaired) electrons. The van der Waals surface area contributed by atoms with Crippen LogP contribution in [-0.4, -0.2) is 24.3 Å². The maximum Gasteiger partial charge on any atom is 0.193 e. The van der Waals surface area contributed by atoms with E-state index < -0.39 is 0 Å². The smallest absolute Gasteiger partial charge is 0.193 e. The summed E-state index contributed by atoms with van der Waals surface area (Å²) in [4.78, 5) is 14.5. The SMILES string of the molecule is CCN(C)Cc1ccc(C(=O)c2ccccc2)cc1.[Cl-]. The van der Waals surface area contributed by atoms with Gasteiger partial charge in [0.1, 0.15) is 0 Å². The van der Waals surface area contributed by atoms with E-state index in [4.69, 9.17) is 0 Å². The minimum Gasteiger partial charge on any atom is -1.00 e. The van der Waals surface area contributed by atoms with Crippen LogP contribution < -0.4 is 12.4 Å². The Labute approximate surface area is 126 Å². The Kier molecular flexibility index (Phi) is 6.43. The third kappa shape index (κ3) is 4.19. The van der Waals surface area contributed by atoms with Crippen molar-refractivity contribution in [2.45, 2.75) is 13.5 Å². The van der Waals surface area contributed by atoms with Crippen molar-refractivity contribution in [1.82, 2.24) is 4.90 Å². The molecule has 0 unspecified atom stereocenters. The summed E-state index contributed by atoms with van der Waals surface area (Å²) in [6, 6.07) is 17.3. The van der Waals surface area contributed by atoms with Gasteiger partial charge in [-0.15, -0.1) is 0 Å². The van der Waals surface area contributed by atoms with Crippen LogP contribution in [0.25, 0.3) is 0 Å². The third-order valence-electron chi connectivity index (χ3n) is 3.24. The van der Waals surface area contributed by atoms with Crippen LogP contribution in [0.3, 0.4) is 0 Å². The molecule has 2 aromatic carbocycles. The number of hydrogen-bond donors (Lipinski definition) is 0. The van der Waals surface area contributed by atoms with Crippen LogP contribution in [0.5, 0.6) is 0 Å². The fourth-order valence-corrected chi connectivity index (χ4v) is 1.94. The van der Waals surface area contributed by atoms with E-state index in [-0.39, 0.29) is 18.2 Å². The molecule has 2 rings (SSSR count). The lowest BCUT2D eigenvalue weighted by atomic mass is 10.0. The van der Waals surface area contributed by atoms with Gasteiger partial charge < -0.3 is 17.3 Å². The summed E-state index contributed by atoms with van der Waals surface area (Å²) in [5, 5.41) is 0. The second-order valence-corrected chi connectivity index (χ2v) is 4.72. The number of carbonyl (C=O) groups excluding carboxylic acids is 1. The van der Waals surface area contributed by atoms with Crippen LogP contribution in [-0.2, 0) is 6.54 Å². The first-order valence-electron chi connectivity index (χ1n) is 6.58. The molecule has 20 heavy (non-hydrogen) atoms. The Morgan fingerprint density at radius 2 is 1.50 bits per heavy atom. The molecule has 0 aliphatic carbocycles. The van der Waals surface area contributed by atoms with E-state index in [1.807, 2.05) is 54.6 Å². The second-order valence-electron chi connectivity index (χ2n) is 4.72. The minimum atomic E-state index is 0. The maximum absolute atomic E-state index is 12.2. The molecule has 3 heteroatoms. The Morgan fingerprint density at radius 3 is 2.05 bits per heavy atom. The van der Waals surface area contributed by atoms with Gasteiger partial charge in [-0.1, -0.05) is 61.5 Å². The fraction of sp³-hybridized carbons (Fsp3) is 0.235. The van der Waals surface area contributed by atoms with E-state index >= 15 is 0 Å². The molecule has 2 aromatic rings. The number of benzene rings is 2. The van der Waals surface area contributed by atoms with E-state index in [0.717, 1.165) is 24.2 Å². The molecule has 0 saturated carbocycles. The molecular formula is C17H19ClNO-. The highest BCUT2D eigenvalue weighted by molar-refractivity contribution is 6.08. The molecular weight excluding hydrogens is 270 g/mol. The third-order valence-corrected chi connectivity index (χ3v) is 3.24. The zero-order chi connectivity index (χ0) is 13.7. The Morgan fingerprint density at radius 1 is 0.950 bits per heavy atom. The minimum absolute atomic E-state index is 0. The van der Waals surface area contributed by atoms with Crippen LogP contribution in [0.15, 0.2) is 54.6 Å². The molecule has 2 nitrogen and oxygen atoms in total. The van der Waals surface area contributed by atoms with Gasteiger partial charge in [0.2, 0.25) is 0 Å². The van der Waals surface area contributed by atoms with Crippen molar-refractivity contribution in [3.63, 3.8) is 0 Å². The molecule has 0 N–H and O–H groups in total. The normalized spacial score (nSPS) is 10.2. The molecule has 0 fully saturated rings. The van der Waals surface area contributed by atoms with E-state index in [1.54, 1.807) is 0 Å². The summed E-state index contributed by atoms with van der Waals surface area (Å²) in [7, 11) is 2.09. The van der Waals surface area contributed by atoms with E-state index in [0.29, 0.717) is 0 Å². The number of nitrogens with zero attached hydrogens (tertiary/aromatic N) is 1. The highest BCUT2D eigenvalue weighted by Crippen LogP contribution is 2.12. The number of halogens is 1. The van der Waals surface area contributed by atoms with Crippen molar-refractivity contribution in [3.05, 3.63) is 71.3 Å². The topological polar surface area (TPSA) is 20.3 Å². The molecule has 0 amide bonds. The lowest BCUT2D eigenvalue weighted by Gasteiger charge is -2.13. The predicted octanol–water partition coefficient (Wildman–Crippen LogP) is 0.373. The van der Waals surface area contributed by atoms with E-state index in [9.17, 15) is 4.79 Å². The summed E-state index contributed by atoms with van der Waals surface area (Å²) < 4.78 is 0. The number of ketones is 1.